The number of carbonyl (C=O) groups is 2. The molecule has 0 saturated carbocycles. The Hall–Kier alpha value is -1.12. The number of Topliss-reactive ketones (excluding diaryl/α,β-unsaturated/α-hetero) is 1. The molecule has 0 aromatic rings. The first kappa shape index (κ1) is 12.5. The molecule has 0 unspecified atom stereocenters. The Labute approximate surface area is 66.7 Å². The standard InChI is InChI=1S/C5H8O2.C3H6O/c1-3-4(2)5(6)7;1-3(2)4/h2-3H2,1H3,(H,6,7);1-2H3. The molecule has 3 nitrogen and oxygen atoms in total. The first-order valence-electron chi connectivity index (χ1n) is 3.30. The number of carboxylic acids is 1. The summed E-state index contributed by atoms with van der Waals surface area (Å²) in [4.78, 5) is 19.3. The summed E-state index contributed by atoms with van der Waals surface area (Å²) in [6.45, 7) is 8.09. The third-order valence-corrected chi connectivity index (χ3v) is 0.729. The lowest BCUT2D eigenvalue weighted by Gasteiger charge is -1.87. The van der Waals surface area contributed by atoms with Crippen molar-refractivity contribution in [3.05, 3.63) is 12.2 Å². The predicted octanol–water partition coefficient (Wildman–Crippen LogP) is 1.63. The van der Waals surface area contributed by atoms with Crippen LogP contribution in [0.5, 0.6) is 0 Å². The highest BCUT2D eigenvalue weighted by Crippen LogP contribution is 1.93. The van der Waals surface area contributed by atoms with Crippen LogP contribution in [0.4, 0.5) is 0 Å². The van der Waals surface area contributed by atoms with Crippen LogP contribution in [0.1, 0.15) is 27.2 Å². The van der Waals surface area contributed by atoms with Gasteiger partial charge in [-0.25, -0.2) is 4.79 Å². The van der Waals surface area contributed by atoms with E-state index in [0.717, 1.165) is 0 Å². The number of ketones is 1. The molecule has 0 aliphatic rings. The molecule has 0 aliphatic carbocycles. The minimum Gasteiger partial charge on any atom is -0.478 e. The van der Waals surface area contributed by atoms with E-state index >= 15 is 0 Å². The molecule has 64 valence electrons. The van der Waals surface area contributed by atoms with E-state index in [9.17, 15) is 9.59 Å². The van der Waals surface area contributed by atoms with Crippen molar-refractivity contribution in [2.24, 2.45) is 0 Å². The van der Waals surface area contributed by atoms with Crippen LogP contribution in [0.15, 0.2) is 12.2 Å². The van der Waals surface area contributed by atoms with Crippen molar-refractivity contribution in [2.45, 2.75) is 27.2 Å². The minimum absolute atomic E-state index is 0.167. The molecule has 0 rings (SSSR count). The summed E-state index contributed by atoms with van der Waals surface area (Å²) in [7, 11) is 0. The maximum absolute atomic E-state index is 9.83. The fourth-order valence-corrected chi connectivity index (χ4v) is 0.151. The molecule has 0 amide bonds. The molecule has 0 aliphatic heterocycles. The summed E-state index contributed by atoms with van der Waals surface area (Å²) in [5.41, 5.74) is 0.264. The maximum Gasteiger partial charge on any atom is 0.330 e. The molecule has 0 fully saturated rings. The van der Waals surface area contributed by atoms with E-state index in [-0.39, 0.29) is 11.4 Å². The molecule has 0 aromatic heterocycles. The van der Waals surface area contributed by atoms with Crippen molar-refractivity contribution in [1.29, 1.82) is 0 Å². The van der Waals surface area contributed by atoms with Gasteiger partial charge in [0.1, 0.15) is 5.78 Å². The van der Waals surface area contributed by atoms with Crippen LogP contribution >= 0.6 is 0 Å². The summed E-state index contributed by atoms with van der Waals surface area (Å²) in [6.07, 6.45) is 0.523. The second-order valence-corrected chi connectivity index (χ2v) is 2.17. The summed E-state index contributed by atoms with van der Waals surface area (Å²) in [5, 5.41) is 8.08. The lowest BCUT2D eigenvalue weighted by molar-refractivity contribution is -0.132. The van der Waals surface area contributed by atoms with Crippen LogP contribution in [0.3, 0.4) is 0 Å². The molecule has 11 heavy (non-hydrogen) atoms. The third-order valence-electron chi connectivity index (χ3n) is 0.729. The Balaban J connectivity index is 0. The van der Waals surface area contributed by atoms with Crippen LogP contribution < -0.4 is 0 Å². The number of rotatable bonds is 2. The second kappa shape index (κ2) is 6.99. The number of hydrogen-bond donors (Lipinski definition) is 1. The van der Waals surface area contributed by atoms with Gasteiger partial charge in [0.15, 0.2) is 0 Å². The first-order chi connectivity index (χ1) is 4.91. The molecule has 0 spiro atoms. The van der Waals surface area contributed by atoms with Gasteiger partial charge in [-0.1, -0.05) is 13.5 Å². The Morgan fingerprint density at radius 2 is 1.64 bits per heavy atom. The van der Waals surface area contributed by atoms with Gasteiger partial charge in [-0.15, -0.1) is 0 Å². The topological polar surface area (TPSA) is 54.4 Å². The smallest absolute Gasteiger partial charge is 0.330 e. The van der Waals surface area contributed by atoms with Gasteiger partial charge < -0.3 is 9.90 Å². The van der Waals surface area contributed by atoms with E-state index in [1.165, 1.54) is 13.8 Å². The SMILES string of the molecule is C=C(CC)C(=O)O.CC(C)=O. The van der Waals surface area contributed by atoms with Crippen LogP contribution in [-0.2, 0) is 9.59 Å². The van der Waals surface area contributed by atoms with Crippen molar-refractivity contribution in [2.75, 3.05) is 0 Å². The van der Waals surface area contributed by atoms with Gasteiger partial charge in [0.2, 0.25) is 0 Å². The quantitative estimate of drug-likeness (QED) is 0.621. The molecule has 0 bridgehead atoms. The van der Waals surface area contributed by atoms with Gasteiger partial charge in [-0.3, -0.25) is 0 Å². The summed E-state index contributed by atoms with van der Waals surface area (Å²) in [6, 6.07) is 0. The fraction of sp³-hybridized carbons (Fsp3) is 0.500. The predicted molar refractivity (Wildman–Crippen MR) is 43.4 cm³/mol. The van der Waals surface area contributed by atoms with Crippen LogP contribution in [0.25, 0.3) is 0 Å². The van der Waals surface area contributed by atoms with Crippen LogP contribution in [-0.4, -0.2) is 16.9 Å². The van der Waals surface area contributed by atoms with Gasteiger partial charge in [0.05, 0.1) is 0 Å². The van der Waals surface area contributed by atoms with E-state index in [1.54, 1.807) is 6.92 Å². The summed E-state index contributed by atoms with van der Waals surface area (Å²) in [5.74, 6) is -0.734. The zero-order chi connectivity index (χ0) is 9.44. The lowest BCUT2D eigenvalue weighted by atomic mass is 10.2. The van der Waals surface area contributed by atoms with Gasteiger partial charge in [-0.2, -0.15) is 0 Å². The Morgan fingerprint density at radius 1 is 1.36 bits per heavy atom. The highest BCUT2D eigenvalue weighted by atomic mass is 16.4. The van der Waals surface area contributed by atoms with E-state index in [1.807, 2.05) is 0 Å². The molecule has 0 saturated heterocycles. The molecule has 3 heteroatoms. The zero-order valence-corrected chi connectivity index (χ0v) is 7.18. The molecule has 0 radical (unpaired) electrons. The van der Waals surface area contributed by atoms with Gasteiger partial charge in [-0.05, 0) is 20.3 Å². The first-order valence-corrected chi connectivity index (χ1v) is 3.30. The monoisotopic (exact) mass is 158 g/mol. The van der Waals surface area contributed by atoms with Crippen molar-refractivity contribution < 1.29 is 14.7 Å². The van der Waals surface area contributed by atoms with Crippen molar-refractivity contribution in [3.63, 3.8) is 0 Å². The largest absolute Gasteiger partial charge is 0.478 e. The fourth-order valence-electron chi connectivity index (χ4n) is 0.151. The van der Waals surface area contributed by atoms with Crippen LogP contribution in [0, 0.1) is 0 Å². The highest BCUT2D eigenvalue weighted by molar-refractivity contribution is 5.85. The molecule has 0 aromatic carbocycles. The zero-order valence-electron chi connectivity index (χ0n) is 7.18. The van der Waals surface area contributed by atoms with E-state index in [4.69, 9.17) is 5.11 Å². The Bertz CT molecular complexity index is 155. The van der Waals surface area contributed by atoms with E-state index in [0.29, 0.717) is 6.42 Å². The van der Waals surface area contributed by atoms with Crippen molar-refractivity contribution in [3.8, 4) is 0 Å². The molecule has 1 N–H and O–H groups in total. The van der Waals surface area contributed by atoms with Crippen molar-refractivity contribution in [1.82, 2.24) is 0 Å². The third kappa shape index (κ3) is 17.7. The van der Waals surface area contributed by atoms with E-state index in [2.05, 4.69) is 6.58 Å². The van der Waals surface area contributed by atoms with Gasteiger partial charge in [0, 0.05) is 5.57 Å². The molecular weight excluding hydrogens is 144 g/mol. The summed E-state index contributed by atoms with van der Waals surface area (Å²) >= 11 is 0. The van der Waals surface area contributed by atoms with Crippen LogP contribution in [0.2, 0.25) is 0 Å². The number of carboxylic acid groups (broad SMARTS) is 1. The molecular formula is C8H14O3. The highest BCUT2D eigenvalue weighted by Gasteiger charge is 1.96. The van der Waals surface area contributed by atoms with Gasteiger partial charge >= 0.3 is 5.97 Å². The number of carbonyl (C=O) groups excluding carboxylic acids is 1. The maximum atomic E-state index is 9.83. The normalized spacial score (nSPS) is 7.55. The summed E-state index contributed by atoms with van der Waals surface area (Å²) < 4.78 is 0. The molecule has 0 heterocycles. The Morgan fingerprint density at radius 3 is 1.64 bits per heavy atom. The van der Waals surface area contributed by atoms with Crippen molar-refractivity contribution >= 4 is 11.8 Å². The second-order valence-electron chi connectivity index (χ2n) is 2.17. The van der Waals surface area contributed by atoms with Gasteiger partial charge in [0.25, 0.3) is 0 Å². The number of aliphatic carboxylic acids is 1. The average molecular weight is 158 g/mol. The van der Waals surface area contributed by atoms with E-state index < -0.39 is 5.97 Å². The molecule has 0 atom stereocenters. The number of hydrogen-bond acceptors (Lipinski definition) is 2. The lowest BCUT2D eigenvalue weighted by Crippen LogP contribution is -1.95. The Kier molecular flexibility index (Phi) is 7.98. The average Bonchev–Trinajstić information content (AvgIpc) is 1.85. The minimum atomic E-state index is -0.900.